The van der Waals surface area contributed by atoms with E-state index in [0.29, 0.717) is 6.54 Å². The Morgan fingerprint density at radius 3 is 2.65 bits per heavy atom. The third-order valence-corrected chi connectivity index (χ3v) is 3.60. The summed E-state index contributed by atoms with van der Waals surface area (Å²) in [7, 11) is 0. The lowest BCUT2D eigenvalue weighted by atomic mass is 10.1. The summed E-state index contributed by atoms with van der Waals surface area (Å²) in [5, 5.41) is 0. The molecule has 0 spiro atoms. The minimum atomic E-state index is -4.36. The highest BCUT2D eigenvalue weighted by Gasteiger charge is 2.35. The first-order chi connectivity index (χ1) is 8.07. The summed E-state index contributed by atoms with van der Waals surface area (Å²) in [5.41, 5.74) is -0.481. The second-order valence-electron chi connectivity index (χ2n) is 3.90. The van der Waals surface area contributed by atoms with Gasteiger partial charge in [-0.25, -0.2) is 0 Å². The summed E-state index contributed by atoms with van der Waals surface area (Å²) in [5.74, 6) is 1.98. The first-order valence-electron chi connectivity index (χ1n) is 5.38. The fourth-order valence-corrected chi connectivity index (χ4v) is 2.80. The van der Waals surface area contributed by atoms with E-state index < -0.39 is 11.9 Å². The number of rotatable bonds is 2. The van der Waals surface area contributed by atoms with Crippen LogP contribution in [0.4, 0.5) is 13.2 Å². The average Bonchev–Trinajstić information content (AvgIpc) is 2.30. The Morgan fingerprint density at radius 2 is 2.00 bits per heavy atom. The van der Waals surface area contributed by atoms with E-state index in [1.165, 1.54) is 12.3 Å². The van der Waals surface area contributed by atoms with Crippen LogP contribution in [-0.4, -0.2) is 34.5 Å². The summed E-state index contributed by atoms with van der Waals surface area (Å²) in [6, 6.07) is 3.07. The Kier molecular flexibility index (Phi) is 3.93. The van der Waals surface area contributed by atoms with Crippen molar-refractivity contribution in [3.63, 3.8) is 0 Å². The molecule has 0 aliphatic carbocycles. The molecule has 1 aromatic heterocycles. The Hall–Kier alpha value is -0.750. The number of halogens is 3. The summed E-state index contributed by atoms with van der Waals surface area (Å²) < 4.78 is 38.2. The molecular formula is C11H13F3N2S. The van der Waals surface area contributed by atoms with Crippen LogP contribution < -0.4 is 0 Å². The molecule has 17 heavy (non-hydrogen) atoms. The molecule has 94 valence electrons. The van der Waals surface area contributed by atoms with Crippen molar-refractivity contribution in [3.8, 4) is 0 Å². The Morgan fingerprint density at radius 1 is 1.29 bits per heavy atom. The zero-order valence-electron chi connectivity index (χ0n) is 9.20. The van der Waals surface area contributed by atoms with Crippen LogP contribution >= 0.6 is 11.8 Å². The van der Waals surface area contributed by atoms with Crippen LogP contribution in [0.15, 0.2) is 18.3 Å². The highest BCUT2D eigenvalue weighted by Crippen LogP contribution is 2.30. The van der Waals surface area contributed by atoms with Crippen molar-refractivity contribution in [2.75, 3.05) is 24.6 Å². The van der Waals surface area contributed by atoms with E-state index in [0.717, 1.165) is 24.6 Å². The quantitative estimate of drug-likeness (QED) is 0.815. The molecule has 1 aliphatic rings. The molecule has 1 fully saturated rings. The van der Waals surface area contributed by atoms with Gasteiger partial charge in [0.2, 0.25) is 0 Å². The van der Waals surface area contributed by atoms with Crippen molar-refractivity contribution in [3.05, 3.63) is 29.6 Å². The first kappa shape index (κ1) is 12.7. The SMILES string of the molecule is FC(F)(F)c1ncccc1CN1CCSCC1. The van der Waals surface area contributed by atoms with Gasteiger partial charge in [-0.3, -0.25) is 9.88 Å². The molecule has 2 nitrogen and oxygen atoms in total. The molecule has 0 unspecified atom stereocenters. The largest absolute Gasteiger partial charge is 0.433 e. The number of pyridine rings is 1. The molecule has 1 aromatic rings. The van der Waals surface area contributed by atoms with Gasteiger partial charge in [0, 0.05) is 37.3 Å². The zero-order chi connectivity index (χ0) is 12.3. The van der Waals surface area contributed by atoms with Crippen LogP contribution in [0.3, 0.4) is 0 Å². The topological polar surface area (TPSA) is 16.1 Å². The molecule has 0 bridgehead atoms. The molecule has 1 aliphatic heterocycles. The predicted octanol–water partition coefficient (Wildman–Crippen LogP) is 2.65. The molecule has 2 rings (SSSR count). The lowest BCUT2D eigenvalue weighted by Gasteiger charge is -2.26. The summed E-state index contributed by atoms with van der Waals surface area (Å²) >= 11 is 1.84. The monoisotopic (exact) mass is 262 g/mol. The van der Waals surface area contributed by atoms with Crippen molar-refractivity contribution in [1.29, 1.82) is 0 Å². The van der Waals surface area contributed by atoms with E-state index in [1.54, 1.807) is 6.07 Å². The van der Waals surface area contributed by atoms with Gasteiger partial charge in [-0.05, 0) is 11.6 Å². The average molecular weight is 262 g/mol. The van der Waals surface area contributed by atoms with E-state index >= 15 is 0 Å². The van der Waals surface area contributed by atoms with Crippen LogP contribution in [0.2, 0.25) is 0 Å². The van der Waals surface area contributed by atoms with Crippen molar-refractivity contribution in [2.45, 2.75) is 12.7 Å². The second-order valence-corrected chi connectivity index (χ2v) is 5.12. The summed E-state index contributed by atoms with van der Waals surface area (Å²) in [6.45, 7) is 2.02. The minimum absolute atomic E-state index is 0.270. The van der Waals surface area contributed by atoms with Gasteiger partial charge in [0.15, 0.2) is 0 Å². The molecule has 6 heteroatoms. The van der Waals surface area contributed by atoms with E-state index in [-0.39, 0.29) is 5.56 Å². The van der Waals surface area contributed by atoms with Crippen molar-refractivity contribution >= 4 is 11.8 Å². The Labute approximate surface area is 102 Å². The third kappa shape index (κ3) is 3.35. The molecular weight excluding hydrogens is 249 g/mol. The molecule has 0 atom stereocenters. The van der Waals surface area contributed by atoms with Crippen molar-refractivity contribution in [2.24, 2.45) is 0 Å². The molecule has 0 radical (unpaired) electrons. The predicted molar refractivity (Wildman–Crippen MR) is 61.8 cm³/mol. The van der Waals surface area contributed by atoms with Gasteiger partial charge in [-0.15, -0.1) is 0 Å². The van der Waals surface area contributed by atoms with Gasteiger partial charge in [-0.1, -0.05) is 6.07 Å². The third-order valence-electron chi connectivity index (χ3n) is 2.66. The lowest BCUT2D eigenvalue weighted by Crippen LogP contribution is -2.32. The van der Waals surface area contributed by atoms with Crippen molar-refractivity contribution in [1.82, 2.24) is 9.88 Å². The van der Waals surface area contributed by atoms with Crippen LogP contribution in [-0.2, 0) is 12.7 Å². The van der Waals surface area contributed by atoms with Gasteiger partial charge in [0.25, 0.3) is 0 Å². The standard InChI is InChI=1S/C11H13F3N2S/c12-11(13,14)10-9(2-1-3-15-10)8-16-4-6-17-7-5-16/h1-3H,4-8H2. The Balaban J connectivity index is 2.14. The number of hydrogen-bond donors (Lipinski definition) is 0. The summed E-state index contributed by atoms with van der Waals surface area (Å²) in [4.78, 5) is 5.50. The van der Waals surface area contributed by atoms with Gasteiger partial charge < -0.3 is 0 Å². The van der Waals surface area contributed by atoms with E-state index in [4.69, 9.17) is 0 Å². The highest BCUT2D eigenvalue weighted by atomic mass is 32.2. The Bertz CT molecular complexity index is 375. The second kappa shape index (κ2) is 5.27. The number of thioether (sulfide) groups is 1. The highest BCUT2D eigenvalue weighted by molar-refractivity contribution is 7.99. The number of aromatic nitrogens is 1. The van der Waals surface area contributed by atoms with Crippen molar-refractivity contribution < 1.29 is 13.2 Å². The van der Waals surface area contributed by atoms with Gasteiger partial charge in [-0.2, -0.15) is 24.9 Å². The smallest absolute Gasteiger partial charge is 0.297 e. The molecule has 0 N–H and O–H groups in total. The van der Waals surface area contributed by atoms with Crippen LogP contribution in [0.25, 0.3) is 0 Å². The maximum Gasteiger partial charge on any atom is 0.433 e. The zero-order valence-corrected chi connectivity index (χ0v) is 10.0. The number of alkyl halides is 3. The first-order valence-corrected chi connectivity index (χ1v) is 6.54. The van der Waals surface area contributed by atoms with Crippen LogP contribution in [0.1, 0.15) is 11.3 Å². The van der Waals surface area contributed by atoms with Gasteiger partial charge in [0.1, 0.15) is 5.69 Å². The fourth-order valence-electron chi connectivity index (χ4n) is 1.82. The molecule has 0 aromatic carbocycles. The van der Waals surface area contributed by atoms with E-state index in [2.05, 4.69) is 4.98 Å². The number of hydrogen-bond acceptors (Lipinski definition) is 3. The van der Waals surface area contributed by atoms with Gasteiger partial charge in [0.05, 0.1) is 0 Å². The molecule has 0 saturated carbocycles. The molecule has 1 saturated heterocycles. The van der Waals surface area contributed by atoms with E-state index in [1.807, 2.05) is 16.7 Å². The number of nitrogens with zero attached hydrogens (tertiary/aromatic N) is 2. The van der Waals surface area contributed by atoms with E-state index in [9.17, 15) is 13.2 Å². The van der Waals surface area contributed by atoms with Crippen LogP contribution in [0, 0.1) is 0 Å². The maximum atomic E-state index is 12.7. The summed E-state index contributed by atoms with van der Waals surface area (Å²) in [6.07, 6.45) is -3.17. The fraction of sp³-hybridized carbons (Fsp3) is 0.545. The maximum absolute atomic E-state index is 12.7. The normalized spacial score (nSPS) is 18.3. The minimum Gasteiger partial charge on any atom is -0.297 e. The molecule has 0 amide bonds. The lowest BCUT2D eigenvalue weighted by molar-refractivity contribution is -0.142. The van der Waals surface area contributed by atoms with Crippen LogP contribution in [0.5, 0.6) is 0 Å². The molecule has 2 heterocycles. The van der Waals surface area contributed by atoms with Gasteiger partial charge >= 0.3 is 6.18 Å².